The van der Waals surface area contributed by atoms with E-state index in [4.69, 9.17) is 5.26 Å². The Balaban J connectivity index is 2.89. The number of thiophene rings is 1. The quantitative estimate of drug-likeness (QED) is 0.572. The Hall–Kier alpha value is -1.56. The van der Waals surface area contributed by atoms with Crippen molar-refractivity contribution in [1.29, 1.82) is 5.26 Å². The first kappa shape index (κ1) is 16.5. The minimum Gasteiger partial charge on any atom is -0.296 e. The van der Waals surface area contributed by atoms with Gasteiger partial charge in [0, 0.05) is 11.9 Å². The SMILES string of the molecule is Cc1ccc(C(=O)[C@H](C#N)C(=O)CN(C)S(C)(=O)=O)s1. The zero-order valence-electron chi connectivity index (χ0n) is 11.3. The summed E-state index contributed by atoms with van der Waals surface area (Å²) in [4.78, 5) is 25.2. The van der Waals surface area contributed by atoms with Crippen molar-refractivity contribution >= 4 is 32.9 Å². The van der Waals surface area contributed by atoms with E-state index in [0.29, 0.717) is 4.88 Å². The number of carbonyl (C=O) groups is 2. The maximum absolute atomic E-state index is 12.1. The smallest absolute Gasteiger partial charge is 0.211 e. The van der Waals surface area contributed by atoms with Crippen molar-refractivity contribution in [3.05, 3.63) is 21.9 Å². The Bertz CT molecular complexity index is 670. The molecule has 108 valence electrons. The number of carbonyl (C=O) groups excluding carboxylic acids is 2. The van der Waals surface area contributed by atoms with Gasteiger partial charge >= 0.3 is 0 Å². The van der Waals surface area contributed by atoms with Crippen molar-refractivity contribution in [3.63, 3.8) is 0 Å². The standard InChI is InChI=1S/C12H14N2O4S2/c1-8-4-5-11(19-8)12(16)9(6-13)10(15)7-14(2)20(3,17)18/h4-5,9H,7H2,1-3H3/t9-/m1/s1. The van der Waals surface area contributed by atoms with Crippen LogP contribution in [0.3, 0.4) is 0 Å². The highest BCUT2D eigenvalue weighted by Crippen LogP contribution is 2.19. The molecule has 8 heteroatoms. The first-order valence-corrected chi connectivity index (χ1v) is 8.27. The van der Waals surface area contributed by atoms with E-state index < -0.39 is 34.1 Å². The zero-order chi connectivity index (χ0) is 15.5. The van der Waals surface area contributed by atoms with Crippen LogP contribution >= 0.6 is 11.3 Å². The van der Waals surface area contributed by atoms with Crippen LogP contribution in [0.4, 0.5) is 0 Å². The minimum absolute atomic E-state index is 0.324. The third kappa shape index (κ3) is 3.96. The first-order chi connectivity index (χ1) is 9.16. The number of nitrogens with zero attached hydrogens (tertiary/aromatic N) is 2. The molecule has 20 heavy (non-hydrogen) atoms. The van der Waals surface area contributed by atoms with Crippen LogP contribution in [0.1, 0.15) is 14.5 Å². The number of hydrogen-bond acceptors (Lipinski definition) is 6. The lowest BCUT2D eigenvalue weighted by molar-refractivity contribution is -0.120. The van der Waals surface area contributed by atoms with E-state index in [1.807, 2.05) is 6.92 Å². The van der Waals surface area contributed by atoms with Crippen LogP contribution in [0.15, 0.2) is 12.1 Å². The Labute approximate surface area is 121 Å². The summed E-state index contributed by atoms with van der Waals surface area (Å²) in [5, 5.41) is 9.00. The fourth-order valence-electron chi connectivity index (χ4n) is 1.41. The molecule has 0 aliphatic heterocycles. The summed E-state index contributed by atoms with van der Waals surface area (Å²) in [6.07, 6.45) is 0.951. The zero-order valence-corrected chi connectivity index (χ0v) is 12.9. The number of nitriles is 1. The van der Waals surface area contributed by atoms with Gasteiger partial charge in [0.05, 0.1) is 23.7 Å². The van der Waals surface area contributed by atoms with Crippen LogP contribution in [0.2, 0.25) is 0 Å². The van der Waals surface area contributed by atoms with Crippen LogP contribution in [-0.2, 0) is 14.8 Å². The molecule has 0 fully saturated rings. The van der Waals surface area contributed by atoms with Crippen LogP contribution in [0, 0.1) is 24.2 Å². The molecule has 1 heterocycles. The number of hydrogen-bond donors (Lipinski definition) is 0. The molecule has 0 bridgehead atoms. The summed E-state index contributed by atoms with van der Waals surface area (Å²) in [6, 6.07) is 4.93. The van der Waals surface area contributed by atoms with Gasteiger partial charge in [-0.05, 0) is 19.1 Å². The summed E-state index contributed by atoms with van der Waals surface area (Å²) >= 11 is 1.20. The van der Waals surface area contributed by atoms with Crippen molar-refractivity contribution in [3.8, 4) is 6.07 Å². The highest BCUT2D eigenvalue weighted by Gasteiger charge is 2.30. The minimum atomic E-state index is -3.53. The van der Waals surface area contributed by atoms with Gasteiger partial charge in [0.25, 0.3) is 0 Å². The van der Waals surface area contributed by atoms with Crippen LogP contribution in [0.25, 0.3) is 0 Å². The molecule has 0 amide bonds. The number of Topliss-reactive ketones (excluding diaryl/α,β-unsaturated/α-hetero) is 2. The Morgan fingerprint density at radius 2 is 2.05 bits per heavy atom. The molecule has 0 unspecified atom stereocenters. The van der Waals surface area contributed by atoms with E-state index in [-0.39, 0.29) is 0 Å². The van der Waals surface area contributed by atoms with Gasteiger partial charge in [0.2, 0.25) is 10.0 Å². The lowest BCUT2D eigenvalue weighted by Crippen LogP contribution is -2.36. The molecule has 0 aromatic carbocycles. The van der Waals surface area contributed by atoms with Gasteiger partial charge in [-0.3, -0.25) is 9.59 Å². The largest absolute Gasteiger partial charge is 0.296 e. The number of ketones is 2. The normalized spacial score (nSPS) is 12.9. The molecule has 0 radical (unpaired) electrons. The summed E-state index contributed by atoms with van der Waals surface area (Å²) in [7, 11) is -2.31. The van der Waals surface area contributed by atoms with Crippen molar-refractivity contribution in [2.75, 3.05) is 19.8 Å². The van der Waals surface area contributed by atoms with E-state index in [1.165, 1.54) is 18.4 Å². The number of likely N-dealkylation sites (N-methyl/N-ethyl adjacent to an activating group) is 1. The Morgan fingerprint density at radius 3 is 2.45 bits per heavy atom. The second-order valence-corrected chi connectivity index (χ2v) is 7.70. The third-order valence-electron chi connectivity index (χ3n) is 2.64. The van der Waals surface area contributed by atoms with Gasteiger partial charge < -0.3 is 0 Å². The predicted molar refractivity (Wildman–Crippen MR) is 75.0 cm³/mol. The molecule has 6 nitrogen and oxygen atoms in total. The van der Waals surface area contributed by atoms with Gasteiger partial charge in [-0.15, -0.1) is 11.3 Å². The maximum atomic E-state index is 12.1. The molecule has 0 spiro atoms. The second kappa shape index (κ2) is 6.26. The number of rotatable bonds is 6. The monoisotopic (exact) mass is 314 g/mol. The third-order valence-corrected chi connectivity index (χ3v) is 4.92. The lowest BCUT2D eigenvalue weighted by Gasteiger charge is -2.14. The van der Waals surface area contributed by atoms with Gasteiger partial charge in [-0.2, -0.15) is 9.57 Å². The van der Waals surface area contributed by atoms with Gasteiger partial charge in [-0.25, -0.2) is 8.42 Å². The molecule has 1 atom stereocenters. The van der Waals surface area contributed by atoms with Gasteiger partial charge in [0.1, 0.15) is 0 Å². The Kier molecular flexibility index (Phi) is 5.16. The molecule has 1 aromatic rings. The molecular weight excluding hydrogens is 300 g/mol. The molecular formula is C12H14N2O4S2. The molecule has 0 aliphatic rings. The van der Waals surface area contributed by atoms with Crippen molar-refractivity contribution < 1.29 is 18.0 Å². The second-order valence-electron chi connectivity index (χ2n) is 4.32. The van der Waals surface area contributed by atoms with Crippen molar-refractivity contribution in [2.45, 2.75) is 6.92 Å². The lowest BCUT2D eigenvalue weighted by atomic mass is 9.99. The first-order valence-electron chi connectivity index (χ1n) is 5.61. The average Bonchev–Trinajstić information content (AvgIpc) is 2.75. The molecule has 1 aromatic heterocycles. The molecule has 0 saturated carbocycles. The number of aryl methyl sites for hydroxylation is 1. The average molecular weight is 314 g/mol. The summed E-state index contributed by atoms with van der Waals surface area (Å²) in [5.41, 5.74) is 0. The van der Waals surface area contributed by atoms with Crippen molar-refractivity contribution in [1.82, 2.24) is 4.31 Å². The fraction of sp³-hybridized carbons (Fsp3) is 0.417. The highest BCUT2D eigenvalue weighted by molar-refractivity contribution is 7.88. The molecule has 1 rings (SSSR count). The van der Waals surface area contributed by atoms with E-state index in [2.05, 4.69) is 0 Å². The van der Waals surface area contributed by atoms with Crippen molar-refractivity contribution in [2.24, 2.45) is 5.92 Å². The predicted octanol–water partition coefficient (Wildman–Crippen LogP) is 0.840. The molecule has 0 N–H and O–H groups in total. The van der Waals surface area contributed by atoms with E-state index in [9.17, 15) is 18.0 Å². The van der Waals surface area contributed by atoms with E-state index in [0.717, 1.165) is 15.4 Å². The summed E-state index contributed by atoms with van der Waals surface area (Å²) in [5.74, 6) is -2.79. The maximum Gasteiger partial charge on any atom is 0.211 e. The summed E-state index contributed by atoms with van der Waals surface area (Å²) in [6.45, 7) is 1.31. The van der Waals surface area contributed by atoms with E-state index in [1.54, 1.807) is 18.2 Å². The fourth-order valence-corrected chi connectivity index (χ4v) is 2.61. The Morgan fingerprint density at radius 1 is 1.45 bits per heavy atom. The van der Waals surface area contributed by atoms with Gasteiger partial charge in [0.15, 0.2) is 17.5 Å². The highest BCUT2D eigenvalue weighted by atomic mass is 32.2. The molecule has 0 saturated heterocycles. The van der Waals surface area contributed by atoms with Crippen LogP contribution < -0.4 is 0 Å². The van der Waals surface area contributed by atoms with Crippen LogP contribution in [0.5, 0.6) is 0 Å². The van der Waals surface area contributed by atoms with Crippen LogP contribution in [-0.4, -0.2) is 44.1 Å². The molecule has 0 aliphatic carbocycles. The van der Waals surface area contributed by atoms with Gasteiger partial charge in [-0.1, -0.05) is 0 Å². The topological polar surface area (TPSA) is 95.3 Å². The summed E-state index contributed by atoms with van der Waals surface area (Å²) < 4.78 is 23.3. The van der Waals surface area contributed by atoms with E-state index >= 15 is 0 Å². The number of sulfonamides is 1.